The van der Waals surface area contributed by atoms with Crippen LogP contribution in [0.3, 0.4) is 0 Å². The quantitative estimate of drug-likeness (QED) is 0.682. The molecule has 0 aliphatic heterocycles. The summed E-state index contributed by atoms with van der Waals surface area (Å²) in [6.07, 6.45) is 8.15. The van der Waals surface area contributed by atoms with Crippen LogP contribution < -0.4 is 16.4 Å². The minimum absolute atomic E-state index is 0.0525. The van der Waals surface area contributed by atoms with Crippen molar-refractivity contribution in [2.45, 2.75) is 70.9 Å². The molecule has 4 nitrogen and oxygen atoms in total. The predicted molar refractivity (Wildman–Crippen MR) is 75.5 cm³/mol. The third kappa shape index (κ3) is 5.25. The fraction of sp³-hybridized carbons (Fsp3) is 0.929. The van der Waals surface area contributed by atoms with E-state index in [4.69, 9.17) is 5.73 Å². The van der Waals surface area contributed by atoms with E-state index >= 15 is 0 Å². The molecule has 1 aliphatic carbocycles. The van der Waals surface area contributed by atoms with Crippen molar-refractivity contribution in [1.82, 2.24) is 10.6 Å². The smallest absolute Gasteiger partial charge is 0.315 e. The number of carbonyl (C=O) groups is 1. The molecular formula is C14H29N3O. The van der Waals surface area contributed by atoms with Gasteiger partial charge in [0.2, 0.25) is 0 Å². The molecule has 2 amide bonds. The molecule has 1 atom stereocenters. The van der Waals surface area contributed by atoms with Crippen molar-refractivity contribution in [1.29, 1.82) is 0 Å². The Kier molecular flexibility index (Phi) is 7.09. The van der Waals surface area contributed by atoms with E-state index in [0.717, 1.165) is 25.7 Å². The summed E-state index contributed by atoms with van der Waals surface area (Å²) >= 11 is 0. The molecule has 0 saturated heterocycles. The summed E-state index contributed by atoms with van der Waals surface area (Å²) in [5, 5.41) is 5.95. The molecule has 106 valence electrons. The van der Waals surface area contributed by atoms with Crippen LogP contribution in [0.15, 0.2) is 0 Å². The van der Waals surface area contributed by atoms with Crippen LogP contribution in [0.1, 0.15) is 58.8 Å². The zero-order chi connectivity index (χ0) is 13.4. The minimum atomic E-state index is -0.0525. The Labute approximate surface area is 111 Å². The lowest BCUT2D eigenvalue weighted by molar-refractivity contribution is 0.230. The van der Waals surface area contributed by atoms with Gasteiger partial charge in [-0.05, 0) is 18.8 Å². The molecular weight excluding hydrogens is 226 g/mol. The van der Waals surface area contributed by atoms with Gasteiger partial charge in [0.25, 0.3) is 0 Å². The molecule has 1 saturated carbocycles. The van der Waals surface area contributed by atoms with E-state index in [2.05, 4.69) is 24.5 Å². The van der Waals surface area contributed by atoms with Crippen LogP contribution in [0.25, 0.3) is 0 Å². The summed E-state index contributed by atoms with van der Waals surface area (Å²) in [6.45, 7) is 4.87. The summed E-state index contributed by atoms with van der Waals surface area (Å²) in [5.74, 6) is 0.500. The fourth-order valence-corrected chi connectivity index (χ4v) is 2.75. The number of nitrogens with two attached hydrogens (primary N) is 1. The lowest BCUT2D eigenvalue weighted by atomic mass is 9.95. The Balaban J connectivity index is 2.19. The Hall–Kier alpha value is -0.770. The second kappa shape index (κ2) is 8.35. The van der Waals surface area contributed by atoms with Crippen LogP contribution >= 0.6 is 0 Å². The monoisotopic (exact) mass is 255 g/mol. The summed E-state index contributed by atoms with van der Waals surface area (Å²) in [5.41, 5.74) is 6.08. The molecule has 1 unspecified atom stereocenters. The maximum Gasteiger partial charge on any atom is 0.315 e. The van der Waals surface area contributed by atoms with Gasteiger partial charge in [-0.25, -0.2) is 4.79 Å². The molecule has 4 N–H and O–H groups in total. The summed E-state index contributed by atoms with van der Waals surface area (Å²) in [6, 6.07) is 0.378. The first-order valence-electron chi connectivity index (χ1n) is 7.47. The summed E-state index contributed by atoms with van der Waals surface area (Å²) in [4.78, 5) is 11.7. The van der Waals surface area contributed by atoms with Crippen LogP contribution in [0.5, 0.6) is 0 Å². The molecule has 18 heavy (non-hydrogen) atoms. The van der Waals surface area contributed by atoms with Gasteiger partial charge in [-0.3, -0.25) is 0 Å². The highest BCUT2D eigenvalue weighted by Crippen LogP contribution is 2.17. The average Bonchev–Trinajstić information content (AvgIpc) is 2.39. The number of nitrogens with one attached hydrogen (secondary N) is 2. The van der Waals surface area contributed by atoms with Gasteiger partial charge in [0.15, 0.2) is 0 Å². The maximum atomic E-state index is 11.7. The van der Waals surface area contributed by atoms with Crippen molar-refractivity contribution in [2.75, 3.05) is 6.54 Å². The SMILES string of the molecule is CCC(CC)C(N)CNC(=O)NC1CCCCC1. The molecule has 0 heterocycles. The third-order valence-electron chi connectivity index (χ3n) is 4.09. The number of carbonyl (C=O) groups excluding carboxylic acids is 1. The van der Waals surface area contributed by atoms with E-state index in [1.807, 2.05) is 0 Å². The van der Waals surface area contributed by atoms with Gasteiger partial charge >= 0.3 is 6.03 Å². The van der Waals surface area contributed by atoms with Crippen LogP contribution in [0.4, 0.5) is 4.79 Å². The van der Waals surface area contributed by atoms with Crippen molar-refractivity contribution in [3.05, 3.63) is 0 Å². The molecule has 0 aromatic heterocycles. The standard InChI is InChI=1S/C14H29N3O/c1-3-11(4-2)13(15)10-16-14(18)17-12-8-6-5-7-9-12/h11-13H,3-10,15H2,1-2H3,(H2,16,17,18). The van der Waals surface area contributed by atoms with E-state index in [1.165, 1.54) is 19.3 Å². The van der Waals surface area contributed by atoms with E-state index in [0.29, 0.717) is 18.5 Å². The highest BCUT2D eigenvalue weighted by atomic mass is 16.2. The van der Waals surface area contributed by atoms with Gasteiger partial charge in [-0.1, -0.05) is 46.0 Å². The molecule has 4 heteroatoms. The van der Waals surface area contributed by atoms with Crippen LogP contribution in [-0.4, -0.2) is 24.7 Å². The van der Waals surface area contributed by atoms with Gasteiger partial charge in [0, 0.05) is 18.6 Å². The highest BCUT2D eigenvalue weighted by molar-refractivity contribution is 5.74. The second-order valence-electron chi connectivity index (χ2n) is 5.43. The first-order valence-corrected chi connectivity index (χ1v) is 7.47. The predicted octanol–water partition coefficient (Wildman–Crippen LogP) is 2.38. The molecule has 0 spiro atoms. The molecule has 1 rings (SSSR count). The molecule has 0 radical (unpaired) electrons. The first kappa shape index (κ1) is 15.3. The zero-order valence-corrected chi connectivity index (χ0v) is 11.9. The van der Waals surface area contributed by atoms with Crippen molar-refractivity contribution in [3.8, 4) is 0 Å². The topological polar surface area (TPSA) is 67.1 Å². The number of rotatable bonds is 6. The zero-order valence-electron chi connectivity index (χ0n) is 11.9. The average molecular weight is 255 g/mol. The summed E-state index contributed by atoms with van der Waals surface area (Å²) in [7, 11) is 0. The lowest BCUT2D eigenvalue weighted by Gasteiger charge is -2.25. The first-order chi connectivity index (χ1) is 8.67. The summed E-state index contributed by atoms with van der Waals surface area (Å²) < 4.78 is 0. The molecule has 0 aromatic carbocycles. The van der Waals surface area contributed by atoms with E-state index in [9.17, 15) is 4.79 Å². The van der Waals surface area contributed by atoms with E-state index < -0.39 is 0 Å². The van der Waals surface area contributed by atoms with E-state index in [1.54, 1.807) is 0 Å². The van der Waals surface area contributed by atoms with Gasteiger partial charge in [0.1, 0.15) is 0 Å². The second-order valence-corrected chi connectivity index (χ2v) is 5.43. The number of hydrogen-bond acceptors (Lipinski definition) is 2. The van der Waals surface area contributed by atoms with Crippen molar-refractivity contribution in [2.24, 2.45) is 11.7 Å². The van der Waals surface area contributed by atoms with Gasteiger partial charge in [-0.2, -0.15) is 0 Å². The van der Waals surface area contributed by atoms with Crippen molar-refractivity contribution in [3.63, 3.8) is 0 Å². The Morgan fingerprint density at radius 2 is 1.83 bits per heavy atom. The van der Waals surface area contributed by atoms with E-state index in [-0.39, 0.29) is 12.1 Å². The van der Waals surface area contributed by atoms with Crippen LogP contribution in [-0.2, 0) is 0 Å². The van der Waals surface area contributed by atoms with Gasteiger partial charge in [-0.15, -0.1) is 0 Å². The van der Waals surface area contributed by atoms with Gasteiger partial charge < -0.3 is 16.4 Å². The largest absolute Gasteiger partial charge is 0.337 e. The third-order valence-corrected chi connectivity index (χ3v) is 4.09. The molecule has 1 fully saturated rings. The normalized spacial score (nSPS) is 18.7. The minimum Gasteiger partial charge on any atom is -0.337 e. The van der Waals surface area contributed by atoms with Crippen LogP contribution in [0.2, 0.25) is 0 Å². The Morgan fingerprint density at radius 3 is 2.39 bits per heavy atom. The van der Waals surface area contributed by atoms with Crippen molar-refractivity contribution >= 4 is 6.03 Å². The fourth-order valence-electron chi connectivity index (χ4n) is 2.75. The Bertz CT molecular complexity index is 235. The number of urea groups is 1. The molecule has 0 bridgehead atoms. The molecule has 1 aliphatic rings. The maximum absolute atomic E-state index is 11.7. The lowest BCUT2D eigenvalue weighted by Crippen LogP contribution is -2.48. The Morgan fingerprint density at radius 1 is 1.22 bits per heavy atom. The highest BCUT2D eigenvalue weighted by Gasteiger charge is 2.17. The van der Waals surface area contributed by atoms with Gasteiger partial charge in [0.05, 0.1) is 0 Å². The number of hydrogen-bond donors (Lipinski definition) is 3. The van der Waals surface area contributed by atoms with Crippen molar-refractivity contribution < 1.29 is 4.79 Å². The molecule has 0 aromatic rings. The number of amides is 2. The van der Waals surface area contributed by atoms with Crippen LogP contribution in [0, 0.1) is 5.92 Å².